The van der Waals surface area contributed by atoms with Gasteiger partial charge in [0, 0.05) is 63.7 Å². The summed E-state index contributed by atoms with van der Waals surface area (Å²) in [4.78, 5) is 107. The Morgan fingerprint density at radius 1 is 0.559 bits per heavy atom. The molecule has 500 valence electrons. The van der Waals surface area contributed by atoms with E-state index >= 15 is 0 Å². The summed E-state index contributed by atoms with van der Waals surface area (Å²) in [7, 11) is 0. The minimum Gasteiger partial charge on any atom is -0.441 e. The van der Waals surface area contributed by atoms with E-state index in [1.54, 1.807) is 118 Å². The molecule has 2 aliphatic carbocycles. The molecule has 0 unspecified atom stereocenters. The molecule has 0 fully saturated rings. The number of amides is 4. The Morgan fingerprint density at radius 2 is 0.935 bits per heavy atom. The Labute approximate surface area is 550 Å². The molecule has 0 aromatic heterocycles. The Kier molecular flexibility index (Phi) is 30.2. The third-order valence-corrected chi connectivity index (χ3v) is 17.3. The normalized spacial score (nSPS) is 29.7. The summed E-state index contributed by atoms with van der Waals surface area (Å²) in [6.07, 6.45) is 15.4. The number of ether oxygens (including phenoxy) is 2. The fourth-order valence-corrected chi connectivity index (χ4v) is 12.3. The van der Waals surface area contributed by atoms with E-state index in [1.807, 2.05) is 93.5 Å². The van der Waals surface area contributed by atoms with Gasteiger partial charge in [-0.15, -0.1) is 13.2 Å². The lowest BCUT2D eigenvalue weighted by molar-refractivity contribution is -0.120. The third kappa shape index (κ3) is 21.5. The topological polar surface area (TPSA) is 298 Å². The molecule has 4 amide bonds. The zero-order chi connectivity index (χ0) is 69.6. The van der Waals surface area contributed by atoms with Crippen LogP contribution in [0.2, 0.25) is 0 Å². The third-order valence-electron chi connectivity index (χ3n) is 17.3. The first kappa shape index (κ1) is 76.8. The van der Waals surface area contributed by atoms with Crippen LogP contribution in [0.25, 0.3) is 11.1 Å². The Bertz CT molecular complexity index is 3430. The van der Waals surface area contributed by atoms with Crippen molar-refractivity contribution < 1.29 is 58.0 Å². The molecule has 0 radical (unpaired) electrons. The van der Waals surface area contributed by atoms with Gasteiger partial charge >= 0.3 is 12.2 Å². The van der Waals surface area contributed by atoms with Crippen molar-refractivity contribution in [1.82, 2.24) is 10.6 Å². The van der Waals surface area contributed by atoms with Crippen LogP contribution in [-0.4, -0.2) is 88.3 Å². The lowest BCUT2D eigenvalue weighted by atomic mass is 9.77. The van der Waals surface area contributed by atoms with E-state index < -0.39 is 48.4 Å². The maximum atomic E-state index is 14.3. The number of primary amides is 2. The van der Waals surface area contributed by atoms with Gasteiger partial charge in [0.15, 0.2) is 11.6 Å². The summed E-state index contributed by atoms with van der Waals surface area (Å²) in [5.41, 5.74) is 20.7. The second kappa shape index (κ2) is 36.6. The molecule has 10 N–H and O–H groups in total. The van der Waals surface area contributed by atoms with Crippen LogP contribution in [-0.2, 0) is 38.2 Å². The van der Waals surface area contributed by atoms with Crippen LogP contribution in [0.1, 0.15) is 140 Å². The summed E-state index contributed by atoms with van der Waals surface area (Å²) in [6, 6.07) is 17.8. The SMILES string of the molecule is C=CCCC1=C2C[C@@H](C)C[C@H](C)[C@H](O)[C@@H](C)/C=C(\C)[C@H](OC(N)=O)[C@@H](C)/C=C\C=C(/C)C(=O)NC(=C(c3ccccc3)C1=O)C2=O.C=CCN.CC1=C2C[C@@H](C)C[C@H](C)[C@H](O)[C@@H](C)/C=C(\C)[C@H](OC(N)=O)[C@@H](C)/C=C\C=C(/C)C(=O)NC(=C(c3ccccc3)C1=O)C2=O. The van der Waals surface area contributed by atoms with Crippen molar-refractivity contribution in [2.45, 2.75) is 153 Å². The molecule has 4 bridgehead atoms. The van der Waals surface area contributed by atoms with Crippen LogP contribution in [0, 0.1) is 47.3 Å². The smallest absolute Gasteiger partial charge is 0.405 e. The number of rotatable bonds is 8. The number of hydrogen-bond donors (Lipinski definition) is 7. The highest BCUT2D eigenvalue weighted by molar-refractivity contribution is 6.40. The molecule has 2 heterocycles. The molecule has 12 atom stereocenters. The average Bonchev–Trinajstić information content (AvgIpc) is 0.822. The van der Waals surface area contributed by atoms with Gasteiger partial charge in [0.05, 0.1) is 23.4 Å². The Morgan fingerprint density at radius 3 is 1.31 bits per heavy atom. The molecule has 17 nitrogen and oxygen atoms in total. The predicted octanol–water partition coefficient (Wildman–Crippen LogP) is 12.3. The average molecular weight is 1270 g/mol. The fourth-order valence-electron chi connectivity index (χ4n) is 12.3. The van der Waals surface area contributed by atoms with E-state index in [0.29, 0.717) is 89.6 Å². The summed E-state index contributed by atoms with van der Waals surface area (Å²) >= 11 is 0. The molecular weight excluding hydrogens is 1170 g/mol. The first-order valence-electron chi connectivity index (χ1n) is 32.0. The molecule has 17 heteroatoms. The van der Waals surface area contributed by atoms with Gasteiger partial charge in [0.25, 0.3) is 11.8 Å². The number of carbonyl (C=O) groups is 8. The van der Waals surface area contributed by atoms with Gasteiger partial charge in [-0.2, -0.15) is 0 Å². The first-order chi connectivity index (χ1) is 43.9. The van der Waals surface area contributed by atoms with Crippen molar-refractivity contribution in [2.75, 3.05) is 6.54 Å². The Hall–Kier alpha value is -8.64. The fraction of sp³-hybridized carbons (Fsp3) is 0.421. The molecule has 6 rings (SSSR count). The number of aliphatic hydroxyl groups excluding tert-OH is 2. The highest BCUT2D eigenvalue weighted by Gasteiger charge is 2.39. The van der Waals surface area contributed by atoms with Crippen molar-refractivity contribution >= 4 is 58.3 Å². The quantitative estimate of drug-likeness (QED) is 0.0957. The molecule has 0 spiro atoms. The number of fused-ring (bicyclic) bond motifs is 4. The number of benzene rings is 2. The van der Waals surface area contributed by atoms with Gasteiger partial charge < -0.3 is 47.5 Å². The van der Waals surface area contributed by atoms with E-state index in [2.05, 4.69) is 23.8 Å². The van der Waals surface area contributed by atoms with Gasteiger partial charge in [0.1, 0.15) is 23.6 Å². The molecule has 0 saturated carbocycles. The lowest BCUT2D eigenvalue weighted by Crippen LogP contribution is -2.35. The van der Waals surface area contributed by atoms with Gasteiger partial charge in [-0.05, 0) is 119 Å². The maximum Gasteiger partial charge on any atom is 0.405 e. The summed E-state index contributed by atoms with van der Waals surface area (Å²) in [5, 5.41) is 28.0. The van der Waals surface area contributed by atoms with E-state index in [-0.39, 0.29) is 93.0 Å². The van der Waals surface area contributed by atoms with Gasteiger partial charge in [0.2, 0.25) is 11.6 Å². The number of ketones is 4. The van der Waals surface area contributed by atoms with Crippen LogP contribution in [0.15, 0.2) is 191 Å². The number of aliphatic hydroxyl groups is 2. The van der Waals surface area contributed by atoms with Gasteiger partial charge in [-0.1, -0.05) is 177 Å². The van der Waals surface area contributed by atoms with Crippen molar-refractivity contribution in [3.8, 4) is 0 Å². The highest BCUT2D eigenvalue weighted by atomic mass is 16.6. The van der Waals surface area contributed by atoms with E-state index in [4.69, 9.17) is 26.7 Å². The highest BCUT2D eigenvalue weighted by Crippen LogP contribution is 2.39. The summed E-state index contributed by atoms with van der Waals surface area (Å²) in [5.74, 6) is -3.93. The van der Waals surface area contributed by atoms with Gasteiger partial charge in [-0.25, -0.2) is 9.59 Å². The second-order valence-electron chi connectivity index (χ2n) is 25.3. The van der Waals surface area contributed by atoms with Crippen LogP contribution in [0.4, 0.5) is 9.59 Å². The molecule has 2 aromatic carbocycles. The predicted molar refractivity (Wildman–Crippen MR) is 367 cm³/mol. The summed E-state index contributed by atoms with van der Waals surface area (Å²) in [6.45, 7) is 31.7. The van der Waals surface area contributed by atoms with Crippen molar-refractivity contribution in [3.05, 3.63) is 202 Å². The molecule has 0 saturated heterocycles. The molecule has 4 aliphatic rings. The monoisotopic (exact) mass is 1270 g/mol. The lowest BCUT2D eigenvalue weighted by Gasteiger charge is -2.29. The van der Waals surface area contributed by atoms with Crippen molar-refractivity contribution in [3.63, 3.8) is 0 Å². The van der Waals surface area contributed by atoms with Crippen LogP contribution in [0.3, 0.4) is 0 Å². The van der Waals surface area contributed by atoms with Crippen LogP contribution in [0.5, 0.6) is 0 Å². The number of hydrogen-bond acceptors (Lipinski definition) is 13. The van der Waals surface area contributed by atoms with E-state index in [9.17, 15) is 48.6 Å². The molecule has 93 heavy (non-hydrogen) atoms. The minimum atomic E-state index is -0.910. The van der Waals surface area contributed by atoms with E-state index in [1.165, 1.54) is 0 Å². The molecule has 2 aliphatic heterocycles. The van der Waals surface area contributed by atoms with Crippen molar-refractivity contribution in [1.29, 1.82) is 0 Å². The summed E-state index contributed by atoms with van der Waals surface area (Å²) < 4.78 is 10.9. The number of nitrogens with one attached hydrogen (secondary N) is 2. The first-order valence-corrected chi connectivity index (χ1v) is 32.0. The van der Waals surface area contributed by atoms with E-state index in [0.717, 1.165) is 11.1 Å². The van der Waals surface area contributed by atoms with Crippen LogP contribution < -0.4 is 27.8 Å². The largest absolute Gasteiger partial charge is 0.441 e. The van der Waals surface area contributed by atoms with Gasteiger partial charge in [-0.3, -0.25) is 28.8 Å². The molecule has 2 aromatic rings. The minimum absolute atomic E-state index is 0.0338. The zero-order valence-corrected chi connectivity index (χ0v) is 56.5. The number of nitrogens with two attached hydrogens (primary N) is 3. The molecular formula is C76H99N5O12. The maximum absolute atomic E-state index is 14.3. The number of allylic oxidation sites excluding steroid dienone is 11. The number of Topliss-reactive ketones (excluding diaryl/α,β-unsaturated/α-hetero) is 4. The standard InChI is InChI=1S/C38H48N2O6.C35H44N2O6.C3H7N/c1-8-9-18-29-30-20-22(2)19-25(5)33(41)26(6)21-27(7)36(46-38(39)45)23(3)14-13-15-24(4)37(44)40-32(35(30)43)31(34(29)42)28-16-11-10-12-17-28;1-19-16-22(4)30(38)23(5)18-24(6)33(43-35(36)42)20(2)12-11-13-21(3)34(41)37-29-28(26-14-9-8-10-15-26)31(39)25(7)27(17-19)32(29)40;1-2-3-4/h8,10-17,21-23,25-26,33,36,41H,1,9,18-20H2,2-7H3,(H2,39,45)(H,40,44);8-15,18-20,22-23,30,33,38H,16-17H2,1-7H3,(H2,36,42)(H,37,41);2H,1,3-4H2/b14-13-,24-15+,27-21+;12-11-,21-13+,24-18+;/t22-,23-,25-,26-,33-,36+;19-,20-,22-,23-,30-,33+;/m00./s1. The number of carbonyl (C=O) groups excluding carboxylic acids is 8. The van der Waals surface area contributed by atoms with Crippen LogP contribution >= 0.6 is 0 Å². The Balaban J connectivity index is 0.000000375. The second-order valence-corrected chi connectivity index (χ2v) is 25.3. The zero-order valence-electron chi connectivity index (χ0n) is 56.5. The van der Waals surface area contributed by atoms with Crippen molar-refractivity contribution in [2.24, 2.45) is 64.5 Å².